The van der Waals surface area contributed by atoms with Crippen molar-refractivity contribution >= 4 is 58.8 Å². The van der Waals surface area contributed by atoms with Gasteiger partial charge in [-0.3, -0.25) is 0 Å². The predicted octanol–water partition coefficient (Wildman–Crippen LogP) is 7.73. The fourth-order valence-corrected chi connectivity index (χ4v) is 7.13. The number of ether oxygens (including phenoxy) is 9. The van der Waals surface area contributed by atoms with Gasteiger partial charge in [-0.2, -0.15) is 25.0 Å². The van der Waals surface area contributed by atoms with Crippen molar-refractivity contribution in [3.63, 3.8) is 0 Å². The molecular formula is C71H106N14O14. The third kappa shape index (κ3) is 45.9. The zero-order valence-electron chi connectivity index (χ0n) is 61.4. The van der Waals surface area contributed by atoms with Crippen LogP contribution < -0.4 is 42.6 Å². The van der Waals surface area contributed by atoms with Crippen LogP contribution >= 0.6 is 0 Å². The molecule has 0 radical (unpaired) electrons. The number of benzene rings is 5. The Morgan fingerprint density at radius 2 is 0.525 bits per heavy atom. The summed E-state index contributed by atoms with van der Waals surface area (Å²) >= 11 is 0. The lowest BCUT2D eigenvalue weighted by molar-refractivity contribution is 0.227. The van der Waals surface area contributed by atoms with Gasteiger partial charge < -0.3 is 86.7 Å². The van der Waals surface area contributed by atoms with Crippen LogP contribution in [0, 0.1) is 0 Å². The van der Waals surface area contributed by atoms with E-state index in [1.165, 1.54) is 24.3 Å². The Bertz CT molecular complexity index is 3240. The standard InChI is InChI=1S/4C15H23N3O3.C11H14N2O2/c1-17(2)5-7-20-14-9-13(16-12-19)10-15(11-14)21-8-6-18(3)4;1-17(2)7-9-20-13-5-6-15(14(11-13)16-12-19)21-10-8-18(3)4;1-17(2)7-9-20-13-5-6-14(16-12-19)15(11-13)21-10-8-18(3)4;1-17(2)7-9-20-14-6-5-13(16-12-19)11-15(14)21-10-8-18(3)4;1-13(2)7-8-15-11-5-3-10(4-6-11)12-9-14/h9-11H,5-8H2,1-4H3;3*5-6,11H,7-10H2,1-4H3;3-6H,7-8H2,1-2H3. The largest absolute Gasteiger partial charge is 0.492 e. The van der Waals surface area contributed by atoms with Crippen molar-refractivity contribution < 1.29 is 66.6 Å². The summed E-state index contributed by atoms with van der Waals surface area (Å²) < 4.78 is 50.7. The number of hydrogen-bond donors (Lipinski definition) is 0. The highest BCUT2D eigenvalue weighted by Gasteiger charge is 2.11. The molecule has 0 aliphatic rings. The van der Waals surface area contributed by atoms with Crippen LogP contribution in [0.1, 0.15) is 0 Å². The molecule has 0 aliphatic carbocycles. The summed E-state index contributed by atoms with van der Waals surface area (Å²) in [6.45, 7) is 12.3. The van der Waals surface area contributed by atoms with E-state index in [2.05, 4.69) is 25.0 Å². The van der Waals surface area contributed by atoms with E-state index in [0.29, 0.717) is 134 Å². The molecule has 0 bridgehead atoms. The van der Waals surface area contributed by atoms with E-state index < -0.39 is 0 Å². The van der Waals surface area contributed by atoms with Gasteiger partial charge in [-0.1, -0.05) is 0 Å². The minimum absolute atomic E-state index is 0.436. The van der Waals surface area contributed by atoms with Gasteiger partial charge >= 0.3 is 0 Å². The van der Waals surface area contributed by atoms with Crippen molar-refractivity contribution in [2.45, 2.75) is 0 Å². The second-order valence-electron chi connectivity index (χ2n) is 23.9. The zero-order valence-corrected chi connectivity index (χ0v) is 61.4. The summed E-state index contributed by atoms with van der Waals surface area (Å²) in [6, 6.07) is 27.8. The van der Waals surface area contributed by atoms with Crippen molar-refractivity contribution in [2.75, 3.05) is 245 Å². The molecule has 28 heteroatoms. The number of hydrogen-bond acceptors (Lipinski definition) is 28. The molecule has 5 aromatic carbocycles. The molecule has 0 saturated carbocycles. The van der Waals surface area contributed by atoms with Gasteiger partial charge in [0.2, 0.25) is 30.4 Å². The van der Waals surface area contributed by atoms with Crippen LogP contribution in [0.25, 0.3) is 0 Å². The summed E-state index contributed by atoms with van der Waals surface area (Å²) in [5, 5.41) is 0. The molecule has 544 valence electrons. The second-order valence-corrected chi connectivity index (χ2v) is 23.9. The smallest absolute Gasteiger partial charge is 0.240 e. The lowest BCUT2D eigenvalue weighted by Crippen LogP contribution is -2.21. The van der Waals surface area contributed by atoms with Crippen molar-refractivity contribution in [1.82, 2.24) is 44.1 Å². The van der Waals surface area contributed by atoms with Crippen LogP contribution in [0.3, 0.4) is 0 Å². The quantitative estimate of drug-likeness (QED) is 0.0268. The average Bonchev–Trinajstić information content (AvgIpc) is 0.895. The highest BCUT2D eigenvalue weighted by molar-refractivity contribution is 5.61. The van der Waals surface area contributed by atoms with Crippen LogP contribution in [0.15, 0.2) is 122 Å². The van der Waals surface area contributed by atoms with Crippen molar-refractivity contribution in [3.05, 3.63) is 97.1 Å². The Labute approximate surface area is 586 Å². The van der Waals surface area contributed by atoms with Crippen molar-refractivity contribution in [2.24, 2.45) is 25.0 Å². The number of aliphatic imine (C=N–C) groups is 5. The molecule has 0 atom stereocenters. The van der Waals surface area contributed by atoms with Crippen molar-refractivity contribution in [1.29, 1.82) is 0 Å². The first-order chi connectivity index (χ1) is 47.3. The molecule has 0 N–H and O–H groups in total. The molecule has 0 aromatic heterocycles. The second kappa shape index (κ2) is 53.8. The van der Waals surface area contributed by atoms with Gasteiger partial charge in [0.15, 0.2) is 11.5 Å². The molecule has 0 spiro atoms. The van der Waals surface area contributed by atoms with E-state index in [4.69, 9.17) is 42.6 Å². The molecule has 0 amide bonds. The van der Waals surface area contributed by atoms with Gasteiger partial charge in [-0.15, -0.1) is 0 Å². The topological polar surface area (TPSA) is 259 Å². The minimum atomic E-state index is 0.436. The summed E-state index contributed by atoms with van der Waals surface area (Å²) in [5.41, 5.74) is 2.47. The highest BCUT2D eigenvalue weighted by Crippen LogP contribution is 2.34. The fraction of sp³-hybridized carbons (Fsp3) is 0.507. The van der Waals surface area contributed by atoms with Crippen LogP contribution in [-0.4, -0.2) is 320 Å². The SMILES string of the molecule is CN(C)CCOc1cc(N=C=O)cc(OCCN(C)C)c1.CN(C)CCOc1ccc(N=C=O)c(OCCN(C)C)c1.CN(C)CCOc1ccc(N=C=O)cc1.CN(C)CCOc1ccc(N=C=O)cc1OCCN(C)C.CN(C)CCOc1ccc(OCCN(C)C)c(N=C=O)c1. The molecule has 5 aromatic rings. The van der Waals surface area contributed by atoms with E-state index in [9.17, 15) is 24.0 Å². The number of nitrogens with zero attached hydrogens (tertiary/aromatic N) is 14. The van der Waals surface area contributed by atoms with E-state index in [-0.39, 0.29) is 0 Å². The van der Waals surface area contributed by atoms with E-state index in [1.807, 2.05) is 177 Å². The summed E-state index contributed by atoms with van der Waals surface area (Å²) in [6.07, 6.45) is 7.63. The maximum atomic E-state index is 10.5. The van der Waals surface area contributed by atoms with Gasteiger partial charge in [0.25, 0.3) is 0 Å². The first-order valence-electron chi connectivity index (χ1n) is 31.9. The van der Waals surface area contributed by atoms with Gasteiger partial charge in [-0.25, -0.2) is 24.0 Å². The van der Waals surface area contributed by atoms with Crippen molar-refractivity contribution in [3.8, 4) is 51.7 Å². The third-order valence-corrected chi connectivity index (χ3v) is 12.6. The average molecular weight is 1380 g/mol. The molecular weight excluding hydrogens is 1270 g/mol. The molecule has 0 saturated heterocycles. The van der Waals surface area contributed by atoms with Gasteiger partial charge in [-0.05, 0) is 188 Å². The number of rotatable bonds is 41. The Morgan fingerprint density at radius 1 is 0.232 bits per heavy atom. The molecule has 0 unspecified atom stereocenters. The lowest BCUT2D eigenvalue weighted by Gasteiger charge is -2.16. The van der Waals surface area contributed by atoms with Crippen LogP contribution in [0.2, 0.25) is 0 Å². The molecule has 0 heterocycles. The molecule has 0 aliphatic heterocycles. The molecule has 5 rings (SSSR count). The number of likely N-dealkylation sites (N-methyl/N-ethyl adjacent to an activating group) is 9. The van der Waals surface area contributed by atoms with Gasteiger partial charge in [0.05, 0.1) is 17.1 Å². The third-order valence-electron chi connectivity index (χ3n) is 12.6. The normalized spacial score (nSPS) is 10.5. The van der Waals surface area contributed by atoms with Crippen LogP contribution in [0.5, 0.6) is 51.7 Å². The monoisotopic (exact) mass is 1380 g/mol. The Morgan fingerprint density at radius 3 is 0.939 bits per heavy atom. The maximum Gasteiger partial charge on any atom is 0.240 e. The first kappa shape index (κ1) is 87.9. The van der Waals surface area contributed by atoms with E-state index in [1.54, 1.807) is 97.1 Å². The minimum Gasteiger partial charge on any atom is -0.492 e. The first-order valence-corrected chi connectivity index (χ1v) is 31.9. The van der Waals surface area contributed by atoms with E-state index >= 15 is 0 Å². The zero-order chi connectivity index (χ0) is 73.8. The summed E-state index contributed by atoms with van der Waals surface area (Å²) in [5.74, 6) is 5.73. The number of carbonyl (C=O) groups excluding carboxylic acids is 5. The van der Waals surface area contributed by atoms with Gasteiger partial charge in [0.1, 0.15) is 111 Å². The Balaban J connectivity index is 0.000000621. The summed E-state index contributed by atoms with van der Waals surface area (Å²) in [7, 11) is 35.6. The molecule has 99 heavy (non-hydrogen) atoms. The van der Waals surface area contributed by atoms with Gasteiger partial charge in [0, 0.05) is 95.3 Å². The van der Waals surface area contributed by atoms with Crippen LogP contribution in [-0.2, 0) is 24.0 Å². The maximum absolute atomic E-state index is 10.5. The Kier molecular flexibility index (Phi) is 47.8. The molecule has 28 nitrogen and oxygen atoms in total. The fourth-order valence-electron chi connectivity index (χ4n) is 7.13. The Hall–Kier alpha value is -9.16. The predicted molar refractivity (Wildman–Crippen MR) is 388 cm³/mol. The number of isocyanates is 5. The lowest BCUT2D eigenvalue weighted by atomic mass is 10.3. The highest BCUT2D eigenvalue weighted by atomic mass is 16.5. The molecule has 0 fully saturated rings. The van der Waals surface area contributed by atoms with E-state index in [0.717, 1.165) is 64.7 Å². The van der Waals surface area contributed by atoms with Crippen LogP contribution in [0.4, 0.5) is 28.4 Å². The summed E-state index contributed by atoms with van der Waals surface area (Å²) in [4.78, 5) is 88.0.